The molecule has 0 unspecified atom stereocenters. The van der Waals surface area contributed by atoms with Crippen LogP contribution in [0.2, 0.25) is 0 Å². The summed E-state index contributed by atoms with van der Waals surface area (Å²) in [7, 11) is -11.0. The van der Waals surface area contributed by atoms with Gasteiger partial charge in [0, 0.05) is 6.92 Å². The second-order valence-corrected chi connectivity index (χ2v) is 14.5. The Hall–Kier alpha value is -2.40. The van der Waals surface area contributed by atoms with Crippen molar-refractivity contribution in [1.29, 1.82) is 0 Å². The summed E-state index contributed by atoms with van der Waals surface area (Å²) in [6, 6.07) is 17.8. The Balaban J connectivity index is 0.00000360. The van der Waals surface area contributed by atoms with E-state index in [4.69, 9.17) is 38.3 Å². The number of anilines is 1. The van der Waals surface area contributed by atoms with E-state index in [1.807, 2.05) is 6.07 Å². The summed E-state index contributed by atoms with van der Waals surface area (Å²) in [5, 5.41) is 0. The molecular formula is C32H35N5Na2O16S2. The van der Waals surface area contributed by atoms with E-state index in [-0.39, 0.29) is 89.4 Å². The number of hydrogen-bond donors (Lipinski definition) is 2. The zero-order valence-electron chi connectivity index (χ0n) is 30.9. The van der Waals surface area contributed by atoms with Crippen LogP contribution in [-0.2, 0) is 75.6 Å². The molecule has 2 aromatic heterocycles. The molecule has 0 spiro atoms. The first kappa shape index (κ1) is 47.3. The molecule has 25 heteroatoms. The maximum Gasteiger partial charge on any atom is 1.00 e. The van der Waals surface area contributed by atoms with E-state index in [0.29, 0.717) is 5.56 Å². The van der Waals surface area contributed by atoms with Crippen LogP contribution in [0.1, 0.15) is 31.2 Å². The maximum absolute atomic E-state index is 12.6. The molecule has 2 aliphatic heterocycles. The molecule has 0 bridgehead atoms. The van der Waals surface area contributed by atoms with Gasteiger partial charge in [0.05, 0.1) is 32.3 Å². The van der Waals surface area contributed by atoms with Gasteiger partial charge in [0.2, 0.25) is 26.7 Å². The molecule has 2 aromatic carbocycles. The SMILES string of the molecule is CC(=O)O[C@H]1[C@@H](OCc2ccccc2)[C@H](OCc2ccccc2)[C@H](O[C@H]2[C@@H](OS(=O)(=O)[O-])[C@H](n3cnc4c(=O)[nH]c(N)nc43)O[C@@H]2COS(=O)(=O)[O-])O[C@H]1C.[Na+].[Na+]. The van der Waals surface area contributed by atoms with E-state index in [1.165, 1.54) is 13.8 Å². The van der Waals surface area contributed by atoms with Crippen LogP contribution in [0.5, 0.6) is 0 Å². The molecule has 4 heterocycles. The Kier molecular flexibility index (Phi) is 16.8. The van der Waals surface area contributed by atoms with Crippen LogP contribution in [0.4, 0.5) is 5.95 Å². The number of ether oxygens (including phenoxy) is 6. The van der Waals surface area contributed by atoms with Gasteiger partial charge in [-0.15, -0.1) is 0 Å². The van der Waals surface area contributed by atoms with E-state index in [9.17, 15) is 35.5 Å². The Morgan fingerprint density at radius 2 is 1.47 bits per heavy atom. The molecule has 298 valence electrons. The predicted molar refractivity (Wildman–Crippen MR) is 181 cm³/mol. The monoisotopic (exact) mass is 855 g/mol. The Bertz CT molecular complexity index is 2240. The number of nitrogens with one attached hydrogen (secondary N) is 1. The first-order chi connectivity index (χ1) is 26.1. The minimum Gasteiger partial charge on any atom is -0.726 e. The molecule has 0 amide bonds. The second kappa shape index (κ2) is 20.2. The fraction of sp³-hybridized carbons (Fsp3) is 0.438. The number of imidazole rings is 1. The third kappa shape index (κ3) is 12.3. The van der Waals surface area contributed by atoms with Crippen LogP contribution in [0, 0.1) is 0 Å². The summed E-state index contributed by atoms with van der Waals surface area (Å²) in [5.41, 5.74) is 5.83. The number of carbonyl (C=O) groups excluding carboxylic acids is 1. The molecule has 0 radical (unpaired) electrons. The van der Waals surface area contributed by atoms with Gasteiger partial charge in [-0.25, -0.2) is 21.8 Å². The van der Waals surface area contributed by atoms with Crippen LogP contribution < -0.4 is 70.4 Å². The second-order valence-electron chi connectivity index (χ2n) is 12.4. The average molecular weight is 856 g/mol. The van der Waals surface area contributed by atoms with Crippen molar-refractivity contribution >= 4 is 43.9 Å². The summed E-state index contributed by atoms with van der Waals surface area (Å²) >= 11 is 0. The smallest absolute Gasteiger partial charge is 0.726 e. The number of nitrogens with zero attached hydrogens (tertiary/aromatic N) is 3. The van der Waals surface area contributed by atoms with E-state index in [2.05, 4.69) is 19.1 Å². The van der Waals surface area contributed by atoms with Crippen molar-refractivity contribution in [3.63, 3.8) is 0 Å². The number of H-pyrrole nitrogens is 1. The van der Waals surface area contributed by atoms with E-state index in [0.717, 1.165) is 16.5 Å². The van der Waals surface area contributed by atoms with E-state index < -0.39 is 94.2 Å². The molecule has 2 aliphatic rings. The van der Waals surface area contributed by atoms with Gasteiger partial charge in [0.25, 0.3) is 5.56 Å². The van der Waals surface area contributed by atoms with E-state index >= 15 is 0 Å². The zero-order chi connectivity index (χ0) is 39.5. The Morgan fingerprint density at radius 3 is 2.04 bits per heavy atom. The number of hydrogen-bond acceptors (Lipinski definition) is 19. The van der Waals surface area contributed by atoms with Crippen molar-refractivity contribution < 1.29 is 127 Å². The molecule has 0 aliphatic carbocycles. The van der Waals surface area contributed by atoms with Crippen LogP contribution in [0.3, 0.4) is 0 Å². The number of nitrogen functional groups attached to an aromatic ring is 1. The molecular weight excluding hydrogens is 820 g/mol. The van der Waals surface area contributed by atoms with Gasteiger partial charge in [-0.3, -0.25) is 27.5 Å². The summed E-state index contributed by atoms with van der Waals surface area (Å²) in [4.78, 5) is 35.1. The normalized spacial score (nSPS) is 26.4. The van der Waals surface area contributed by atoms with Crippen molar-refractivity contribution in [2.75, 3.05) is 12.3 Å². The fourth-order valence-electron chi connectivity index (χ4n) is 6.24. The van der Waals surface area contributed by atoms with Crippen LogP contribution in [-0.4, -0.2) is 107 Å². The van der Waals surface area contributed by atoms with Gasteiger partial charge in [-0.2, -0.15) is 4.98 Å². The fourth-order valence-corrected chi connectivity index (χ4v) is 7.02. The summed E-state index contributed by atoms with van der Waals surface area (Å²) in [6.07, 6.45) is -12.5. The molecule has 2 fully saturated rings. The van der Waals surface area contributed by atoms with Gasteiger partial charge in [-0.1, -0.05) is 60.7 Å². The Morgan fingerprint density at radius 1 is 0.877 bits per heavy atom. The summed E-state index contributed by atoms with van der Waals surface area (Å²) < 4.78 is 119. The largest absolute Gasteiger partial charge is 1.00 e. The summed E-state index contributed by atoms with van der Waals surface area (Å²) in [6.45, 7) is 1.55. The van der Waals surface area contributed by atoms with Crippen molar-refractivity contribution in [2.24, 2.45) is 0 Å². The van der Waals surface area contributed by atoms with Gasteiger partial charge in [0.15, 0.2) is 29.8 Å². The van der Waals surface area contributed by atoms with Gasteiger partial charge < -0.3 is 43.3 Å². The molecule has 57 heavy (non-hydrogen) atoms. The average Bonchev–Trinajstić information content (AvgIpc) is 3.67. The van der Waals surface area contributed by atoms with Crippen LogP contribution >= 0.6 is 0 Å². The first-order valence-electron chi connectivity index (χ1n) is 16.5. The minimum absolute atomic E-state index is 0. The molecule has 4 aromatic rings. The van der Waals surface area contributed by atoms with Crippen LogP contribution in [0.25, 0.3) is 11.2 Å². The summed E-state index contributed by atoms with van der Waals surface area (Å²) in [5.74, 6) is -1.05. The molecule has 6 rings (SSSR count). The molecule has 21 nitrogen and oxygen atoms in total. The number of aromatic nitrogens is 4. The van der Waals surface area contributed by atoms with E-state index in [1.54, 1.807) is 54.6 Å². The number of fused-ring (bicyclic) bond motifs is 1. The Labute approximate surface area is 370 Å². The van der Waals surface area contributed by atoms with Crippen LogP contribution in [0.15, 0.2) is 71.8 Å². The standard InChI is InChI=1S/C32H37N5O16S2.2Na/c1-17-23(50-18(2)38)25(46-13-19-9-5-3-6-10-19)27(47-14-20-11-7-4-8-12-20)31(49-17)52-24-21(15-48-54(40,41)42)51-30(26(24)53-55(43,44)45)37-16-34-22-28(37)35-32(33)36-29(22)39;;/h3-12,16-17,21,23-27,30-31H,13-15H2,1-2H3,(H,40,41,42)(H,43,44,45)(H3,33,35,36,39);;/q;2*+1/p-2/t17-,21+,23+,24+,25+,26+,27-,30+,31-;;/m0../s1. The number of carbonyl (C=O) groups is 1. The zero-order valence-corrected chi connectivity index (χ0v) is 36.6. The number of aromatic amines is 1. The topological polar surface area (TPSA) is 295 Å². The van der Waals surface area contributed by atoms with Gasteiger partial charge >= 0.3 is 65.1 Å². The maximum atomic E-state index is 12.6. The van der Waals surface area contributed by atoms with Crippen molar-refractivity contribution in [2.45, 2.75) is 82.3 Å². The van der Waals surface area contributed by atoms with Crippen molar-refractivity contribution in [1.82, 2.24) is 19.5 Å². The quantitative estimate of drug-likeness (QED) is 0.0487. The first-order valence-corrected chi connectivity index (χ1v) is 19.1. The third-order valence-corrected chi connectivity index (χ3v) is 9.39. The number of rotatable bonds is 15. The van der Waals surface area contributed by atoms with Gasteiger partial charge in [-0.05, 0) is 18.1 Å². The van der Waals surface area contributed by atoms with Crippen molar-refractivity contribution in [3.05, 3.63) is 88.5 Å². The number of benzene rings is 2. The molecule has 3 N–H and O–H groups in total. The van der Waals surface area contributed by atoms with Crippen molar-refractivity contribution in [3.8, 4) is 0 Å². The molecule has 9 atom stereocenters. The number of esters is 1. The number of nitrogens with two attached hydrogens (primary N) is 1. The molecule has 0 saturated carbocycles. The minimum atomic E-state index is -5.62. The predicted octanol–water partition coefficient (Wildman–Crippen LogP) is -5.84. The molecule has 2 saturated heterocycles. The van der Waals surface area contributed by atoms with Gasteiger partial charge in [0.1, 0.15) is 30.5 Å². The third-order valence-electron chi connectivity index (χ3n) is 8.51.